The summed E-state index contributed by atoms with van der Waals surface area (Å²) < 4.78 is 32.1. The van der Waals surface area contributed by atoms with Crippen molar-refractivity contribution in [2.45, 2.75) is 81.5 Å². The van der Waals surface area contributed by atoms with Crippen LogP contribution in [0.2, 0.25) is 0 Å². The zero-order valence-electron chi connectivity index (χ0n) is 23.3. The summed E-state index contributed by atoms with van der Waals surface area (Å²) in [7, 11) is -3.64. The fourth-order valence-electron chi connectivity index (χ4n) is 5.64. The highest BCUT2D eigenvalue weighted by Gasteiger charge is 2.44. The molecule has 2 aromatic carbocycles. The summed E-state index contributed by atoms with van der Waals surface area (Å²) in [4.78, 5) is 40.5. The monoisotopic (exact) mass is 569 g/mol. The number of nitrogens with one attached hydrogen (secondary N) is 2. The molecule has 4 rings (SSSR count). The molecule has 40 heavy (non-hydrogen) atoms. The second kappa shape index (κ2) is 12.4. The highest BCUT2D eigenvalue weighted by molar-refractivity contribution is 7.91. The number of sulfone groups is 1. The maximum Gasteiger partial charge on any atom is 0.407 e. The van der Waals surface area contributed by atoms with Crippen molar-refractivity contribution in [1.29, 1.82) is 0 Å². The first-order chi connectivity index (χ1) is 18.9. The smallest absolute Gasteiger partial charge is 0.407 e. The number of carbonyl (C=O) groups excluding carboxylic acids is 3. The van der Waals surface area contributed by atoms with Gasteiger partial charge in [0.25, 0.3) is 0 Å². The number of alkyl carbamates (subject to hydrolysis) is 1. The fourth-order valence-corrected chi connectivity index (χ4v) is 7.33. The first kappa shape index (κ1) is 29.6. The SMILES string of the molecule is CC(C)(C)OC(=O)N[C@@H]1CC[C@H](N2CC[C@H](NC(=O)Cc3ccccc3)C2=O)[C@H](CS(=O)(=O)c2ccccc2)C1. The van der Waals surface area contributed by atoms with Crippen molar-refractivity contribution in [1.82, 2.24) is 15.5 Å². The molecule has 2 aliphatic rings. The van der Waals surface area contributed by atoms with Gasteiger partial charge in [-0.1, -0.05) is 48.5 Å². The van der Waals surface area contributed by atoms with E-state index in [2.05, 4.69) is 10.6 Å². The number of carbonyl (C=O) groups is 3. The zero-order chi connectivity index (χ0) is 28.9. The molecule has 3 amide bonds. The molecule has 0 aromatic heterocycles. The van der Waals surface area contributed by atoms with Crippen LogP contribution in [-0.2, 0) is 30.6 Å². The Hall–Kier alpha value is -3.40. The van der Waals surface area contributed by atoms with Crippen LogP contribution < -0.4 is 10.6 Å². The number of rotatable bonds is 8. The fraction of sp³-hybridized carbons (Fsp3) is 0.500. The standard InChI is InChI=1S/C30H39N3O6S/c1-30(2,3)39-29(36)31-23-14-15-26(22(19-23)20-40(37,38)24-12-8-5-9-13-24)33-17-16-25(28(33)35)32-27(34)18-21-10-6-4-7-11-21/h4-13,22-23,25-26H,14-20H2,1-3H3,(H,31,36)(H,32,34)/t22-,23+,25-,26-/m0/s1. The van der Waals surface area contributed by atoms with Crippen LogP contribution in [0.25, 0.3) is 0 Å². The first-order valence-electron chi connectivity index (χ1n) is 13.8. The molecule has 2 N–H and O–H groups in total. The van der Waals surface area contributed by atoms with E-state index in [1.807, 2.05) is 30.3 Å². The molecule has 1 aliphatic heterocycles. The zero-order valence-corrected chi connectivity index (χ0v) is 24.2. The Morgan fingerprint density at radius 2 is 1.60 bits per heavy atom. The third-order valence-electron chi connectivity index (χ3n) is 7.38. The van der Waals surface area contributed by atoms with Gasteiger partial charge in [0.1, 0.15) is 11.6 Å². The molecule has 1 heterocycles. The molecular weight excluding hydrogens is 530 g/mol. The Morgan fingerprint density at radius 1 is 0.950 bits per heavy atom. The molecule has 0 radical (unpaired) electrons. The van der Waals surface area contributed by atoms with Crippen molar-refractivity contribution in [3.63, 3.8) is 0 Å². The molecule has 0 unspecified atom stereocenters. The summed E-state index contributed by atoms with van der Waals surface area (Å²) in [5.74, 6) is -0.961. The van der Waals surface area contributed by atoms with E-state index in [1.54, 1.807) is 56.0 Å². The molecule has 0 spiro atoms. The number of nitrogens with zero attached hydrogens (tertiary/aromatic N) is 1. The topological polar surface area (TPSA) is 122 Å². The van der Waals surface area contributed by atoms with Crippen LogP contribution in [0.5, 0.6) is 0 Å². The largest absolute Gasteiger partial charge is 0.444 e. The van der Waals surface area contributed by atoms with Gasteiger partial charge >= 0.3 is 6.09 Å². The van der Waals surface area contributed by atoms with Crippen molar-refractivity contribution in [2.24, 2.45) is 5.92 Å². The minimum Gasteiger partial charge on any atom is -0.444 e. The van der Waals surface area contributed by atoms with Gasteiger partial charge in [0.05, 0.1) is 17.1 Å². The van der Waals surface area contributed by atoms with E-state index in [0.29, 0.717) is 32.2 Å². The van der Waals surface area contributed by atoms with E-state index >= 15 is 0 Å². The van der Waals surface area contributed by atoms with Gasteiger partial charge in [0, 0.05) is 18.6 Å². The minimum atomic E-state index is -3.64. The van der Waals surface area contributed by atoms with Crippen molar-refractivity contribution >= 4 is 27.7 Å². The molecule has 9 nitrogen and oxygen atoms in total. The van der Waals surface area contributed by atoms with Gasteiger partial charge in [0.15, 0.2) is 9.84 Å². The van der Waals surface area contributed by atoms with E-state index in [9.17, 15) is 22.8 Å². The quantitative estimate of drug-likeness (QED) is 0.502. The van der Waals surface area contributed by atoms with Crippen LogP contribution in [0, 0.1) is 5.92 Å². The Morgan fingerprint density at radius 3 is 2.25 bits per heavy atom. The molecule has 2 aromatic rings. The van der Waals surface area contributed by atoms with Gasteiger partial charge in [-0.05, 0) is 70.1 Å². The average Bonchev–Trinajstić information content (AvgIpc) is 3.23. The van der Waals surface area contributed by atoms with Gasteiger partial charge in [0.2, 0.25) is 11.8 Å². The highest BCUT2D eigenvalue weighted by atomic mass is 32.2. The summed E-state index contributed by atoms with van der Waals surface area (Å²) >= 11 is 0. The maximum atomic E-state index is 13.5. The number of ether oxygens (including phenoxy) is 1. The number of hydrogen-bond donors (Lipinski definition) is 2. The van der Waals surface area contributed by atoms with Gasteiger partial charge in [-0.15, -0.1) is 0 Å². The minimum absolute atomic E-state index is 0.150. The second-order valence-electron chi connectivity index (χ2n) is 11.7. The highest BCUT2D eigenvalue weighted by Crippen LogP contribution is 2.34. The Bertz CT molecular complexity index is 1290. The number of amides is 3. The van der Waals surface area contributed by atoms with E-state index in [0.717, 1.165) is 5.56 Å². The third kappa shape index (κ3) is 7.84. The van der Waals surface area contributed by atoms with Crippen molar-refractivity contribution in [3.05, 3.63) is 66.2 Å². The lowest BCUT2D eigenvalue weighted by Crippen LogP contribution is -2.53. The molecule has 1 aliphatic carbocycles. The van der Waals surface area contributed by atoms with Crippen LogP contribution in [0.4, 0.5) is 4.79 Å². The van der Waals surface area contributed by atoms with Crippen LogP contribution in [-0.4, -0.2) is 67.2 Å². The van der Waals surface area contributed by atoms with E-state index in [-0.39, 0.29) is 41.0 Å². The lowest BCUT2D eigenvalue weighted by Gasteiger charge is -2.41. The molecule has 1 saturated carbocycles. The summed E-state index contributed by atoms with van der Waals surface area (Å²) in [6.45, 7) is 5.79. The van der Waals surface area contributed by atoms with E-state index in [4.69, 9.17) is 4.74 Å². The predicted molar refractivity (Wildman–Crippen MR) is 151 cm³/mol. The average molecular weight is 570 g/mol. The van der Waals surface area contributed by atoms with Crippen molar-refractivity contribution in [3.8, 4) is 0 Å². The van der Waals surface area contributed by atoms with Gasteiger partial charge in [-0.2, -0.15) is 0 Å². The summed E-state index contributed by atoms with van der Waals surface area (Å²) in [6.07, 6.45) is 1.62. The van der Waals surface area contributed by atoms with Gasteiger partial charge in [-0.3, -0.25) is 9.59 Å². The number of benzene rings is 2. The molecule has 4 atom stereocenters. The Kier molecular flexibility index (Phi) is 9.18. The Balaban J connectivity index is 1.47. The molecular formula is C30H39N3O6S. The van der Waals surface area contributed by atoms with E-state index in [1.165, 1.54) is 0 Å². The molecule has 1 saturated heterocycles. The molecule has 0 bridgehead atoms. The lowest BCUT2D eigenvalue weighted by molar-refractivity contribution is -0.135. The predicted octanol–water partition coefficient (Wildman–Crippen LogP) is 3.48. The van der Waals surface area contributed by atoms with Crippen LogP contribution in [0.15, 0.2) is 65.6 Å². The summed E-state index contributed by atoms with van der Waals surface area (Å²) in [6, 6.07) is 16.4. The third-order valence-corrected chi connectivity index (χ3v) is 9.24. The van der Waals surface area contributed by atoms with Gasteiger partial charge < -0.3 is 20.3 Å². The summed E-state index contributed by atoms with van der Waals surface area (Å²) in [5, 5.41) is 5.76. The molecule has 2 fully saturated rings. The van der Waals surface area contributed by atoms with Crippen molar-refractivity contribution in [2.75, 3.05) is 12.3 Å². The summed E-state index contributed by atoms with van der Waals surface area (Å²) in [5.41, 5.74) is 0.212. The second-order valence-corrected chi connectivity index (χ2v) is 13.7. The lowest BCUT2D eigenvalue weighted by atomic mass is 9.81. The first-order valence-corrected chi connectivity index (χ1v) is 15.5. The van der Waals surface area contributed by atoms with Crippen LogP contribution in [0.3, 0.4) is 0 Å². The molecule has 10 heteroatoms. The van der Waals surface area contributed by atoms with E-state index < -0.39 is 33.5 Å². The van der Waals surface area contributed by atoms with Gasteiger partial charge in [-0.25, -0.2) is 13.2 Å². The number of likely N-dealkylation sites (tertiary alicyclic amines) is 1. The van der Waals surface area contributed by atoms with Crippen LogP contribution >= 0.6 is 0 Å². The van der Waals surface area contributed by atoms with Crippen LogP contribution in [0.1, 0.15) is 52.0 Å². The normalized spacial score (nSPS) is 23.5. The molecule has 216 valence electrons. The maximum absolute atomic E-state index is 13.5. The van der Waals surface area contributed by atoms with Crippen molar-refractivity contribution < 1.29 is 27.5 Å². The Labute approximate surface area is 236 Å². The number of hydrogen-bond acceptors (Lipinski definition) is 6.